The van der Waals surface area contributed by atoms with Crippen LogP contribution in [-0.4, -0.2) is 59.2 Å². The van der Waals surface area contributed by atoms with Gasteiger partial charge in [0.15, 0.2) is 12.4 Å². The smallest absolute Gasteiger partial charge is 0.416 e. The molecule has 3 aromatic rings. The molecule has 0 saturated carbocycles. The van der Waals surface area contributed by atoms with E-state index in [4.69, 9.17) is 14.2 Å². The van der Waals surface area contributed by atoms with Crippen molar-refractivity contribution in [2.45, 2.75) is 45.5 Å². The SMILES string of the molecule is CCOCOc1cc(C(F)(F)F)cc(C)c1-c1ccc2c(OC(F)F)n(C3CCC(=O)N(C)C3)nc2n1. The molecular formula is C24H25F5N4O4. The average molecular weight is 528 g/mol. The van der Waals surface area contributed by atoms with Gasteiger partial charge in [0.1, 0.15) is 5.75 Å². The van der Waals surface area contributed by atoms with Crippen LogP contribution in [0.3, 0.4) is 0 Å². The lowest BCUT2D eigenvalue weighted by Gasteiger charge is -2.30. The van der Waals surface area contributed by atoms with Crippen LogP contribution in [0.2, 0.25) is 0 Å². The Balaban J connectivity index is 1.82. The van der Waals surface area contributed by atoms with E-state index in [1.54, 1.807) is 14.0 Å². The highest BCUT2D eigenvalue weighted by Gasteiger charge is 2.33. The second-order valence-corrected chi connectivity index (χ2v) is 8.58. The highest BCUT2D eigenvalue weighted by atomic mass is 19.4. The third-order valence-electron chi connectivity index (χ3n) is 6.05. The fourth-order valence-electron chi connectivity index (χ4n) is 4.29. The van der Waals surface area contributed by atoms with Gasteiger partial charge in [-0.15, -0.1) is 5.10 Å². The van der Waals surface area contributed by atoms with E-state index in [-0.39, 0.29) is 65.1 Å². The molecule has 4 rings (SSSR count). The van der Waals surface area contributed by atoms with Crippen molar-refractivity contribution in [3.05, 3.63) is 35.4 Å². The van der Waals surface area contributed by atoms with Crippen LogP contribution in [0.1, 0.15) is 36.9 Å². The summed E-state index contributed by atoms with van der Waals surface area (Å²) in [5.74, 6) is -0.362. The molecule has 1 aromatic carbocycles. The van der Waals surface area contributed by atoms with Crippen molar-refractivity contribution in [2.75, 3.05) is 27.0 Å². The van der Waals surface area contributed by atoms with Gasteiger partial charge in [0.05, 0.1) is 22.7 Å². The summed E-state index contributed by atoms with van der Waals surface area (Å²) in [6.45, 7) is 0.338. The molecule has 0 radical (unpaired) electrons. The van der Waals surface area contributed by atoms with Crippen molar-refractivity contribution < 1.29 is 41.0 Å². The van der Waals surface area contributed by atoms with Crippen LogP contribution >= 0.6 is 0 Å². The number of ether oxygens (including phenoxy) is 3. The number of hydrogen-bond acceptors (Lipinski definition) is 6. The molecule has 1 aliphatic heterocycles. The molecule has 0 bridgehead atoms. The van der Waals surface area contributed by atoms with Gasteiger partial charge in [0.2, 0.25) is 11.8 Å². The molecule has 0 aliphatic carbocycles. The van der Waals surface area contributed by atoms with E-state index in [9.17, 15) is 26.7 Å². The number of halogens is 5. The van der Waals surface area contributed by atoms with E-state index in [0.717, 1.165) is 12.1 Å². The molecular weight excluding hydrogens is 503 g/mol. The van der Waals surface area contributed by atoms with Crippen molar-refractivity contribution in [2.24, 2.45) is 0 Å². The number of hydrogen-bond donors (Lipinski definition) is 0. The Morgan fingerprint density at radius 2 is 1.97 bits per heavy atom. The lowest BCUT2D eigenvalue weighted by Crippen LogP contribution is -2.38. The zero-order valence-electron chi connectivity index (χ0n) is 20.3. The van der Waals surface area contributed by atoms with Crippen LogP contribution in [0, 0.1) is 6.92 Å². The van der Waals surface area contributed by atoms with Gasteiger partial charge in [-0.25, -0.2) is 9.67 Å². The molecule has 1 aliphatic rings. The fraction of sp³-hybridized carbons (Fsp3) is 0.458. The number of amides is 1. The summed E-state index contributed by atoms with van der Waals surface area (Å²) in [7, 11) is 1.61. The first-order chi connectivity index (χ1) is 17.5. The number of carbonyl (C=O) groups is 1. The number of fused-ring (bicyclic) bond motifs is 1. The van der Waals surface area contributed by atoms with E-state index in [2.05, 4.69) is 10.1 Å². The Kier molecular flexibility index (Phi) is 7.53. The topological polar surface area (TPSA) is 78.7 Å². The Morgan fingerprint density at radius 1 is 1.22 bits per heavy atom. The first-order valence-electron chi connectivity index (χ1n) is 11.5. The van der Waals surface area contributed by atoms with E-state index in [0.29, 0.717) is 13.0 Å². The Morgan fingerprint density at radius 3 is 2.62 bits per heavy atom. The number of nitrogens with zero attached hydrogens (tertiary/aromatic N) is 4. The molecule has 0 spiro atoms. The number of pyridine rings is 1. The molecule has 0 N–H and O–H groups in total. The molecule has 1 amide bonds. The standard InChI is InChI=1S/C24H25F5N4O4/c1-4-35-12-36-18-10-14(24(27,28)29)9-13(2)20(18)17-7-6-16-21(30-17)31-33(22(16)37-23(25)26)15-5-8-19(34)32(3)11-15/h6-7,9-10,15,23H,4-5,8,11-12H2,1-3H3. The van der Waals surface area contributed by atoms with E-state index in [1.807, 2.05) is 0 Å². The highest BCUT2D eigenvalue weighted by molar-refractivity contribution is 5.85. The molecule has 200 valence electrons. The zero-order valence-corrected chi connectivity index (χ0v) is 20.3. The quantitative estimate of drug-likeness (QED) is 0.227. The van der Waals surface area contributed by atoms with Gasteiger partial charge < -0.3 is 19.1 Å². The molecule has 8 nitrogen and oxygen atoms in total. The van der Waals surface area contributed by atoms with Crippen LogP contribution < -0.4 is 9.47 Å². The van der Waals surface area contributed by atoms with Crippen LogP contribution in [-0.2, 0) is 15.7 Å². The average Bonchev–Trinajstić information content (AvgIpc) is 3.17. The number of benzene rings is 1. The first kappa shape index (κ1) is 26.6. The van der Waals surface area contributed by atoms with Gasteiger partial charge in [0.25, 0.3) is 0 Å². The largest absolute Gasteiger partial charge is 0.467 e. The molecule has 2 aromatic heterocycles. The summed E-state index contributed by atoms with van der Waals surface area (Å²) < 4.78 is 83.6. The third-order valence-corrected chi connectivity index (χ3v) is 6.05. The summed E-state index contributed by atoms with van der Waals surface area (Å²) in [6, 6.07) is 4.37. The second kappa shape index (κ2) is 10.5. The monoisotopic (exact) mass is 528 g/mol. The lowest BCUT2D eigenvalue weighted by atomic mass is 10.00. The summed E-state index contributed by atoms with van der Waals surface area (Å²) >= 11 is 0. The van der Waals surface area contributed by atoms with Gasteiger partial charge in [-0.2, -0.15) is 22.0 Å². The molecule has 1 fully saturated rings. The van der Waals surface area contributed by atoms with Gasteiger partial charge in [-0.3, -0.25) is 4.79 Å². The predicted molar refractivity (Wildman–Crippen MR) is 122 cm³/mol. The number of piperidine rings is 1. The van der Waals surface area contributed by atoms with Crippen molar-refractivity contribution in [3.8, 4) is 22.9 Å². The number of carbonyl (C=O) groups excluding carboxylic acids is 1. The minimum atomic E-state index is -4.60. The summed E-state index contributed by atoms with van der Waals surface area (Å²) in [5.41, 5.74) is -0.0843. The molecule has 3 heterocycles. The van der Waals surface area contributed by atoms with Crippen LogP contribution in [0.15, 0.2) is 24.3 Å². The number of likely N-dealkylation sites (N-methyl/N-ethyl adjacent to an activating group) is 1. The van der Waals surface area contributed by atoms with Crippen molar-refractivity contribution in [3.63, 3.8) is 0 Å². The van der Waals surface area contributed by atoms with Crippen molar-refractivity contribution >= 4 is 16.9 Å². The van der Waals surface area contributed by atoms with E-state index in [1.165, 1.54) is 28.6 Å². The van der Waals surface area contributed by atoms with Gasteiger partial charge in [-0.1, -0.05) is 0 Å². The lowest BCUT2D eigenvalue weighted by molar-refractivity contribution is -0.137. The summed E-state index contributed by atoms with van der Waals surface area (Å²) in [5, 5.41) is 4.59. The maximum absolute atomic E-state index is 13.4. The van der Waals surface area contributed by atoms with Crippen molar-refractivity contribution in [1.82, 2.24) is 19.7 Å². The number of rotatable bonds is 8. The first-order valence-corrected chi connectivity index (χ1v) is 11.5. The maximum atomic E-state index is 13.4. The molecule has 1 unspecified atom stereocenters. The number of alkyl halides is 5. The summed E-state index contributed by atoms with van der Waals surface area (Å²) in [6.07, 6.45) is -4.01. The summed E-state index contributed by atoms with van der Waals surface area (Å²) in [4.78, 5) is 17.8. The number of aromatic nitrogens is 3. The van der Waals surface area contributed by atoms with Gasteiger partial charge >= 0.3 is 12.8 Å². The fourth-order valence-corrected chi connectivity index (χ4v) is 4.29. The normalized spacial score (nSPS) is 16.6. The predicted octanol–water partition coefficient (Wildman–Crippen LogP) is 5.19. The third kappa shape index (κ3) is 5.60. The Labute approximate surface area is 208 Å². The van der Waals surface area contributed by atoms with Crippen LogP contribution in [0.4, 0.5) is 22.0 Å². The Hall–Kier alpha value is -3.48. The number of aryl methyl sites for hydroxylation is 1. The minimum absolute atomic E-state index is 0.0581. The van der Waals surface area contributed by atoms with Crippen LogP contribution in [0.5, 0.6) is 11.6 Å². The molecule has 1 atom stereocenters. The minimum Gasteiger partial charge on any atom is -0.467 e. The molecule has 13 heteroatoms. The van der Waals surface area contributed by atoms with Gasteiger partial charge in [-0.05, 0) is 50.1 Å². The Bertz CT molecular complexity index is 1290. The van der Waals surface area contributed by atoms with E-state index < -0.39 is 24.4 Å². The van der Waals surface area contributed by atoms with Crippen molar-refractivity contribution in [1.29, 1.82) is 0 Å². The van der Waals surface area contributed by atoms with Crippen LogP contribution in [0.25, 0.3) is 22.3 Å². The molecule has 37 heavy (non-hydrogen) atoms. The highest BCUT2D eigenvalue weighted by Crippen LogP contribution is 2.40. The molecule has 1 saturated heterocycles. The number of likely N-dealkylation sites (tertiary alicyclic amines) is 1. The van der Waals surface area contributed by atoms with Gasteiger partial charge in [0, 0.05) is 32.2 Å². The second-order valence-electron chi connectivity index (χ2n) is 8.58. The van der Waals surface area contributed by atoms with E-state index >= 15 is 0 Å². The zero-order chi connectivity index (χ0) is 26.9. The maximum Gasteiger partial charge on any atom is 0.416 e.